The second-order valence-electron chi connectivity index (χ2n) is 5.83. The third-order valence-corrected chi connectivity index (χ3v) is 5.68. The Labute approximate surface area is 161 Å². The molecule has 27 heavy (non-hydrogen) atoms. The van der Waals surface area contributed by atoms with Gasteiger partial charge in [0.2, 0.25) is 11.8 Å². The minimum Gasteiger partial charge on any atom is -0.336 e. The number of amides is 2. The molecule has 9 heteroatoms. The van der Waals surface area contributed by atoms with Crippen molar-refractivity contribution in [3.05, 3.63) is 59.4 Å². The summed E-state index contributed by atoms with van der Waals surface area (Å²) in [5.41, 5.74) is 0.396. The van der Waals surface area contributed by atoms with Gasteiger partial charge in [-0.05, 0) is 48.5 Å². The first-order valence-corrected chi connectivity index (χ1v) is 9.98. The molecule has 6 nitrogen and oxygen atoms in total. The molecule has 1 N–H and O–H groups in total. The maximum Gasteiger partial charge on any atom is 0.243 e. The first-order valence-electron chi connectivity index (χ1n) is 7.95. The molecule has 0 spiro atoms. The van der Waals surface area contributed by atoms with E-state index in [1.807, 2.05) is 0 Å². The van der Waals surface area contributed by atoms with Gasteiger partial charge in [0.1, 0.15) is 5.82 Å². The number of carbonyl (C=O) groups is 2. The van der Waals surface area contributed by atoms with Crippen LogP contribution in [0.2, 0.25) is 5.02 Å². The van der Waals surface area contributed by atoms with Crippen LogP contribution in [0.5, 0.6) is 0 Å². The number of sulfone groups is 1. The number of nitrogens with one attached hydrogen (secondary N) is 1. The Bertz CT molecular complexity index is 915. The average molecular weight is 413 g/mol. The van der Waals surface area contributed by atoms with Crippen molar-refractivity contribution in [1.29, 1.82) is 0 Å². The smallest absolute Gasteiger partial charge is 0.243 e. The third kappa shape index (κ3) is 6.33. The van der Waals surface area contributed by atoms with Crippen molar-refractivity contribution in [3.8, 4) is 0 Å². The molecule has 2 amide bonds. The first-order chi connectivity index (χ1) is 12.7. The summed E-state index contributed by atoms with van der Waals surface area (Å²) in [5, 5.41) is 2.94. The topological polar surface area (TPSA) is 83.6 Å². The summed E-state index contributed by atoms with van der Waals surface area (Å²) in [5.74, 6) is -1.76. The second-order valence-corrected chi connectivity index (χ2v) is 8.37. The summed E-state index contributed by atoms with van der Waals surface area (Å²) in [4.78, 5) is 25.3. The zero-order chi connectivity index (χ0) is 20.0. The third-order valence-electron chi connectivity index (χ3n) is 3.69. The number of halogens is 2. The molecule has 0 aliphatic rings. The van der Waals surface area contributed by atoms with Crippen LogP contribution >= 0.6 is 11.6 Å². The van der Waals surface area contributed by atoms with Gasteiger partial charge >= 0.3 is 0 Å². The molecule has 0 unspecified atom stereocenters. The number of hydrogen-bond acceptors (Lipinski definition) is 4. The molecule has 0 radical (unpaired) electrons. The molecule has 2 aromatic carbocycles. The monoisotopic (exact) mass is 412 g/mol. The van der Waals surface area contributed by atoms with Gasteiger partial charge < -0.3 is 10.2 Å². The second kappa shape index (κ2) is 8.96. The molecule has 0 saturated heterocycles. The molecule has 0 heterocycles. The average Bonchev–Trinajstić information content (AvgIpc) is 2.62. The van der Waals surface area contributed by atoms with E-state index in [1.165, 1.54) is 55.6 Å². The van der Waals surface area contributed by atoms with Crippen LogP contribution in [0.4, 0.5) is 10.1 Å². The molecular formula is C18H18ClFN2O4S. The van der Waals surface area contributed by atoms with Crippen molar-refractivity contribution in [2.45, 2.75) is 11.3 Å². The van der Waals surface area contributed by atoms with Crippen molar-refractivity contribution in [1.82, 2.24) is 4.90 Å². The van der Waals surface area contributed by atoms with Crippen molar-refractivity contribution in [2.75, 3.05) is 24.7 Å². The standard InChI is InChI=1S/C18H18ClFN2O4S/c1-22(12-17(23)21-15-6-4-14(20)5-7-15)18(24)10-11-27(25,26)16-8-2-13(19)3-9-16/h2-9H,10-12H2,1H3,(H,21,23). The van der Waals surface area contributed by atoms with E-state index >= 15 is 0 Å². The minimum absolute atomic E-state index is 0.0800. The molecule has 2 rings (SSSR count). The van der Waals surface area contributed by atoms with Crippen molar-refractivity contribution in [2.24, 2.45) is 0 Å². The van der Waals surface area contributed by atoms with Crippen molar-refractivity contribution >= 4 is 38.9 Å². The number of rotatable bonds is 7. The zero-order valence-electron chi connectivity index (χ0n) is 14.5. The molecule has 144 valence electrons. The molecule has 0 aliphatic carbocycles. The number of hydrogen-bond donors (Lipinski definition) is 1. The Kier molecular flexibility index (Phi) is 6.92. The number of carbonyl (C=O) groups excluding carboxylic acids is 2. The van der Waals surface area contributed by atoms with Gasteiger partial charge in [-0.3, -0.25) is 9.59 Å². The maximum atomic E-state index is 12.8. The van der Waals surface area contributed by atoms with Crippen molar-refractivity contribution in [3.63, 3.8) is 0 Å². The Morgan fingerprint density at radius 2 is 1.67 bits per heavy atom. The highest BCUT2D eigenvalue weighted by Gasteiger charge is 2.19. The van der Waals surface area contributed by atoms with Gasteiger partial charge in [0.15, 0.2) is 9.84 Å². The summed E-state index contributed by atoms with van der Waals surface area (Å²) in [7, 11) is -2.22. The quantitative estimate of drug-likeness (QED) is 0.757. The normalized spacial score (nSPS) is 11.1. The van der Waals surface area contributed by atoms with E-state index in [0.717, 1.165) is 4.90 Å². The zero-order valence-corrected chi connectivity index (χ0v) is 16.1. The van der Waals surface area contributed by atoms with Gasteiger partial charge in [0.25, 0.3) is 0 Å². The van der Waals surface area contributed by atoms with Crippen LogP contribution in [0.3, 0.4) is 0 Å². The van der Waals surface area contributed by atoms with Gasteiger partial charge in [-0.1, -0.05) is 11.6 Å². The van der Waals surface area contributed by atoms with E-state index in [1.54, 1.807) is 0 Å². The van der Waals surface area contributed by atoms with Crippen LogP contribution in [0, 0.1) is 5.82 Å². The van der Waals surface area contributed by atoms with E-state index in [-0.39, 0.29) is 23.6 Å². The highest BCUT2D eigenvalue weighted by molar-refractivity contribution is 7.91. The Morgan fingerprint density at radius 3 is 2.26 bits per heavy atom. The largest absolute Gasteiger partial charge is 0.336 e. The summed E-state index contributed by atoms with van der Waals surface area (Å²) in [6.45, 7) is -0.253. The molecule has 2 aromatic rings. The predicted molar refractivity (Wildman–Crippen MR) is 101 cm³/mol. The maximum absolute atomic E-state index is 12.8. The summed E-state index contributed by atoms with van der Waals surface area (Å²) in [6, 6.07) is 10.9. The molecule has 0 bridgehead atoms. The van der Waals surface area contributed by atoms with Crippen LogP contribution in [0.15, 0.2) is 53.4 Å². The van der Waals surface area contributed by atoms with E-state index in [0.29, 0.717) is 10.7 Å². The molecule has 0 saturated carbocycles. The molecule has 0 fully saturated rings. The molecule has 0 aromatic heterocycles. The van der Waals surface area contributed by atoms with Crippen LogP contribution in [-0.4, -0.2) is 44.5 Å². The molecule has 0 atom stereocenters. The van der Waals surface area contributed by atoms with Crippen LogP contribution in [-0.2, 0) is 19.4 Å². The fourth-order valence-electron chi connectivity index (χ4n) is 2.21. The SMILES string of the molecule is CN(CC(=O)Nc1ccc(F)cc1)C(=O)CCS(=O)(=O)c1ccc(Cl)cc1. The first kappa shape index (κ1) is 20.9. The highest BCUT2D eigenvalue weighted by Crippen LogP contribution is 2.16. The highest BCUT2D eigenvalue weighted by atomic mass is 35.5. The van der Waals surface area contributed by atoms with Crippen molar-refractivity contribution < 1.29 is 22.4 Å². The van der Waals surface area contributed by atoms with E-state index in [9.17, 15) is 22.4 Å². The lowest BCUT2D eigenvalue weighted by atomic mass is 10.3. The Hall–Kier alpha value is -2.45. The van der Waals surface area contributed by atoms with E-state index in [4.69, 9.17) is 11.6 Å². The lowest BCUT2D eigenvalue weighted by Gasteiger charge is -2.17. The van der Waals surface area contributed by atoms with Crippen LogP contribution in [0.25, 0.3) is 0 Å². The van der Waals surface area contributed by atoms with Crippen LogP contribution in [0.1, 0.15) is 6.42 Å². The fraction of sp³-hybridized carbons (Fsp3) is 0.222. The van der Waals surface area contributed by atoms with Gasteiger partial charge in [0, 0.05) is 24.2 Å². The lowest BCUT2D eigenvalue weighted by molar-refractivity contribution is -0.132. The lowest BCUT2D eigenvalue weighted by Crippen LogP contribution is -2.35. The molecular weight excluding hydrogens is 395 g/mol. The van der Waals surface area contributed by atoms with E-state index in [2.05, 4.69) is 5.32 Å². The molecule has 0 aliphatic heterocycles. The number of anilines is 1. The van der Waals surface area contributed by atoms with E-state index < -0.39 is 27.5 Å². The van der Waals surface area contributed by atoms with Crippen LogP contribution < -0.4 is 5.32 Å². The fourth-order valence-corrected chi connectivity index (χ4v) is 3.57. The Morgan fingerprint density at radius 1 is 1.07 bits per heavy atom. The number of likely N-dealkylation sites (N-methyl/N-ethyl adjacent to an activating group) is 1. The Balaban J connectivity index is 1.86. The minimum atomic E-state index is -3.63. The van der Waals surface area contributed by atoms with Gasteiger partial charge in [-0.25, -0.2) is 12.8 Å². The predicted octanol–water partition coefficient (Wildman–Crippen LogP) is 2.74. The van der Waals surface area contributed by atoms with Gasteiger partial charge in [-0.15, -0.1) is 0 Å². The van der Waals surface area contributed by atoms with Gasteiger partial charge in [0.05, 0.1) is 17.2 Å². The summed E-state index contributed by atoms with van der Waals surface area (Å²) >= 11 is 5.73. The number of benzene rings is 2. The summed E-state index contributed by atoms with van der Waals surface area (Å²) in [6.07, 6.45) is -0.259. The summed E-state index contributed by atoms with van der Waals surface area (Å²) < 4.78 is 37.3. The number of nitrogens with zero attached hydrogens (tertiary/aromatic N) is 1. The van der Waals surface area contributed by atoms with Gasteiger partial charge in [-0.2, -0.15) is 0 Å².